The third-order valence-electron chi connectivity index (χ3n) is 2.82. The van der Waals surface area contributed by atoms with E-state index < -0.39 is 0 Å². The normalized spacial score (nSPS) is 10.8. The molecule has 1 rings (SSSR count). The molecule has 0 radical (unpaired) electrons. The van der Waals surface area contributed by atoms with Crippen molar-refractivity contribution in [2.75, 3.05) is 0 Å². The molecular weight excluding hydrogens is 218 g/mol. The zero-order valence-electron chi connectivity index (χ0n) is 10.3. The minimum atomic E-state index is 0.166. The topological polar surface area (TPSA) is 22.0 Å². The zero-order valence-corrected chi connectivity index (χ0v) is 11.1. The first-order valence-corrected chi connectivity index (χ1v) is 7.27. The van der Waals surface area contributed by atoms with Gasteiger partial charge in [-0.1, -0.05) is 51.9 Å². The highest BCUT2D eigenvalue weighted by atomic mass is 32.1. The summed E-state index contributed by atoms with van der Waals surface area (Å²) in [4.78, 5) is 10.9. The first-order chi connectivity index (χ1) is 7.83. The first-order valence-electron chi connectivity index (χ1n) is 6.49. The summed E-state index contributed by atoms with van der Waals surface area (Å²) in [6, 6.07) is 1.65. The molecule has 0 unspecified atom stereocenters. The maximum absolute atomic E-state index is 10.9. The molecule has 92 valence electrons. The van der Waals surface area contributed by atoms with E-state index in [1.165, 1.54) is 62.9 Å². The average Bonchev–Trinajstić information content (AvgIpc) is 2.68. The smallest absolute Gasteiger partial charge is 0.249 e. The summed E-state index contributed by atoms with van der Waals surface area (Å²) in [5.41, 5.74) is 0. The quantitative estimate of drug-likeness (QED) is 0.598. The maximum atomic E-state index is 10.9. The van der Waals surface area contributed by atoms with E-state index in [2.05, 4.69) is 6.92 Å². The van der Waals surface area contributed by atoms with Crippen LogP contribution in [0.15, 0.2) is 17.1 Å². The van der Waals surface area contributed by atoms with Gasteiger partial charge in [-0.25, -0.2) is 0 Å². The van der Waals surface area contributed by atoms with Crippen LogP contribution < -0.4 is 4.74 Å². The lowest BCUT2D eigenvalue weighted by molar-refractivity contribution is 0.554. The fourth-order valence-corrected chi connectivity index (χ4v) is 2.54. The van der Waals surface area contributed by atoms with Gasteiger partial charge in [0.25, 0.3) is 0 Å². The van der Waals surface area contributed by atoms with Gasteiger partial charge in [-0.2, -0.15) is 0 Å². The minimum absolute atomic E-state index is 0.166. The van der Waals surface area contributed by atoms with Gasteiger partial charge in [0.05, 0.1) is 0 Å². The summed E-state index contributed by atoms with van der Waals surface area (Å²) in [6.07, 6.45) is 12.6. The monoisotopic (exact) mass is 241 g/mol. The van der Waals surface area contributed by atoms with Crippen LogP contribution in [0.25, 0.3) is 0 Å². The molecule has 1 heterocycles. The number of aryl methyl sites for hydroxylation is 1. The highest BCUT2D eigenvalue weighted by molar-refractivity contribution is 7.03. The standard InChI is InChI=1S/C13H23NOS/c1-2-3-4-5-6-7-8-9-11-14-12-10-13(15)16-14/h10,12H,2-9,11H2,1H3. The Bertz CT molecular complexity index is 316. The van der Waals surface area contributed by atoms with Crippen LogP contribution in [0.5, 0.6) is 0 Å². The average molecular weight is 241 g/mol. The van der Waals surface area contributed by atoms with Gasteiger partial charge < -0.3 is 3.96 Å². The fourth-order valence-electron chi connectivity index (χ4n) is 1.84. The zero-order chi connectivity index (χ0) is 11.6. The molecular formula is C13H23NOS. The van der Waals surface area contributed by atoms with Crippen LogP contribution in [0.3, 0.4) is 0 Å². The maximum Gasteiger partial charge on any atom is 0.249 e. The number of nitrogens with zero attached hydrogens (tertiary/aromatic N) is 1. The molecule has 0 atom stereocenters. The molecule has 0 saturated carbocycles. The minimum Gasteiger partial charge on any atom is -0.302 e. The van der Waals surface area contributed by atoms with Crippen LogP contribution in [-0.4, -0.2) is 3.96 Å². The van der Waals surface area contributed by atoms with Crippen LogP contribution in [0.2, 0.25) is 0 Å². The van der Waals surface area contributed by atoms with Gasteiger partial charge in [0.1, 0.15) is 0 Å². The molecule has 0 N–H and O–H groups in total. The van der Waals surface area contributed by atoms with Gasteiger partial charge >= 0.3 is 0 Å². The van der Waals surface area contributed by atoms with E-state index in [0.717, 1.165) is 6.54 Å². The third-order valence-corrected chi connectivity index (χ3v) is 3.67. The molecule has 0 bridgehead atoms. The molecule has 2 nitrogen and oxygen atoms in total. The van der Waals surface area contributed by atoms with Gasteiger partial charge in [-0.05, 0) is 18.0 Å². The Morgan fingerprint density at radius 3 is 2.25 bits per heavy atom. The van der Waals surface area contributed by atoms with Crippen molar-refractivity contribution >= 4 is 11.5 Å². The summed E-state index contributed by atoms with van der Waals surface area (Å²) >= 11 is 1.32. The second kappa shape index (κ2) is 8.57. The predicted octanol–water partition coefficient (Wildman–Crippen LogP) is 4.05. The van der Waals surface area contributed by atoms with Crippen molar-refractivity contribution in [2.24, 2.45) is 0 Å². The van der Waals surface area contributed by atoms with Crippen molar-refractivity contribution in [1.82, 2.24) is 3.96 Å². The van der Waals surface area contributed by atoms with Crippen LogP contribution in [0, 0.1) is 0 Å². The fraction of sp³-hybridized carbons (Fsp3) is 0.769. The third kappa shape index (κ3) is 6.11. The molecule has 0 fully saturated rings. The van der Waals surface area contributed by atoms with Gasteiger partial charge in [0.2, 0.25) is 4.74 Å². The van der Waals surface area contributed by atoms with Crippen LogP contribution in [-0.2, 0) is 6.54 Å². The molecule has 1 aromatic heterocycles. The second-order valence-corrected chi connectivity index (χ2v) is 5.40. The molecule has 0 aliphatic heterocycles. The molecule has 0 aliphatic rings. The summed E-state index contributed by atoms with van der Waals surface area (Å²) in [5, 5.41) is 0. The lowest BCUT2D eigenvalue weighted by Gasteiger charge is -2.02. The Morgan fingerprint density at radius 2 is 1.69 bits per heavy atom. The van der Waals surface area contributed by atoms with E-state index in [1.54, 1.807) is 6.07 Å². The highest BCUT2D eigenvalue weighted by Gasteiger charge is 1.94. The SMILES string of the molecule is CCCCCCCCCCn1ccc(=O)s1. The lowest BCUT2D eigenvalue weighted by atomic mass is 10.1. The molecule has 3 heteroatoms. The molecule has 0 saturated heterocycles. The summed E-state index contributed by atoms with van der Waals surface area (Å²) in [7, 11) is 0. The summed E-state index contributed by atoms with van der Waals surface area (Å²) in [5.74, 6) is 0. The van der Waals surface area contributed by atoms with Crippen molar-refractivity contribution in [3.05, 3.63) is 21.8 Å². The van der Waals surface area contributed by atoms with Gasteiger partial charge in [0, 0.05) is 18.8 Å². The lowest BCUT2D eigenvalue weighted by Crippen LogP contribution is -1.92. The number of hydrogen-bond acceptors (Lipinski definition) is 2. The van der Waals surface area contributed by atoms with Crippen LogP contribution in [0.1, 0.15) is 58.3 Å². The second-order valence-electron chi connectivity index (χ2n) is 4.34. The Kier molecular flexibility index (Phi) is 7.23. The van der Waals surface area contributed by atoms with E-state index in [-0.39, 0.29) is 4.74 Å². The summed E-state index contributed by atoms with van der Waals surface area (Å²) in [6.45, 7) is 3.27. The number of unbranched alkanes of at least 4 members (excludes halogenated alkanes) is 7. The van der Waals surface area contributed by atoms with Gasteiger partial charge in [-0.15, -0.1) is 0 Å². The number of aromatic nitrogens is 1. The number of hydrogen-bond donors (Lipinski definition) is 0. The van der Waals surface area contributed by atoms with E-state index in [1.807, 2.05) is 10.2 Å². The van der Waals surface area contributed by atoms with Crippen molar-refractivity contribution in [3.8, 4) is 0 Å². The molecule has 0 amide bonds. The molecule has 1 aromatic rings. The molecule has 0 spiro atoms. The summed E-state index contributed by atoms with van der Waals surface area (Å²) < 4.78 is 2.21. The van der Waals surface area contributed by atoms with Crippen molar-refractivity contribution in [2.45, 2.75) is 64.8 Å². The van der Waals surface area contributed by atoms with E-state index in [9.17, 15) is 4.79 Å². The van der Waals surface area contributed by atoms with Crippen LogP contribution >= 0.6 is 11.5 Å². The Hall–Kier alpha value is -0.570. The molecule has 0 aliphatic carbocycles. The van der Waals surface area contributed by atoms with Crippen molar-refractivity contribution in [1.29, 1.82) is 0 Å². The van der Waals surface area contributed by atoms with E-state index in [0.29, 0.717) is 0 Å². The Labute approximate surface area is 102 Å². The van der Waals surface area contributed by atoms with E-state index in [4.69, 9.17) is 0 Å². The van der Waals surface area contributed by atoms with Gasteiger partial charge in [-0.3, -0.25) is 4.79 Å². The van der Waals surface area contributed by atoms with Gasteiger partial charge in [0.15, 0.2) is 0 Å². The highest BCUT2D eigenvalue weighted by Crippen LogP contribution is 2.09. The molecule has 0 aromatic carbocycles. The predicted molar refractivity (Wildman–Crippen MR) is 71.2 cm³/mol. The van der Waals surface area contributed by atoms with E-state index >= 15 is 0 Å². The Balaban J connectivity index is 1.90. The van der Waals surface area contributed by atoms with Crippen molar-refractivity contribution < 1.29 is 0 Å². The van der Waals surface area contributed by atoms with Crippen molar-refractivity contribution in [3.63, 3.8) is 0 Å². The largest absolute Gasteiger partial charge is 0.302 e. The number of rotatable bonds is 9. The van der Waals surface area contributed by atoms with Crippen LogP contribution in [0.4, 0.5) is 0 Å². The Morgan fingerprint density at radius 1 is 1.06 bits per heavy atom. The first kappa shape index (κ1) is 13.5. The molecule has 16 heavy (non-hydrogen) atoms.